The molecule has 0 spiro atoms. The van der Waals surface area contributed by atoms with E-state index in [1.165, 1.54) is 5.56 Å². The zero-order valence-electron chi connectivity index (χ0n) is 15.7. The van der Waals surface area contributed by atoms with Gasteiger partial charge in [0.05, 0.1) is 22.6 Å². The van der Waals surface area contributed by atoms with Crippen LogP contribution in [-0.2, 0) is 6.42 Å². The number of hydrogen-bond acceptors (Lipinski definition) is 2. The highest BCUT2D eigenvalue weighted by atomic mass is 16.1. The monoisotopic (exact) mass is 327 g/mol. The third kappa shape index (κ3) is 4.25. The van der Waals surface area contributed by atoms with Crippen molar-refractivity contribution in [3.05, 3.63) is 46.8 Å². The smallest absolute Gasteiger partial charge is 0.255 e. The normalized spacial score (nSPS) is 11.3. The van der Waals surface area contributed by atoms with Gasteiger partial charge in [-0.1, -0.05) is 39.8 Å². The van der Waals surface area contributed by atoms with Gasteiger partial charge in [0, 0.05) is 6.54 Å². The third-order valence-corrected chi connectivity index (χ3v) is 3.93. The molecular weight excluding hydrogens is 298 g/mol. The standard InChI is InChI=1S/C20H29N3O/c1-13(2)10-18-19(20(24)21-12-14(3)4)16(6)23(22-18)17-9-7-8-15(5)11-17/h7-9,11,13-14H,10,12H2,1-6H3,(H,21,24). The molecule has 0 bridgehead atoms. The van der Waals surface area contributed by atoms with E-state index in [4.69, 9.17) is 5.10 Å². The number of aromatic nitrogens is 2. The topological polar surface area (TPSA) is 46.9 Å². The number of hydrogen-bond donors (Lipinski definition) is 1. The zero-order chi connectivity index (χ0) is 17.9. The fourth-order valence-corrected chi connectivity index (χ4v) is 2.78. The van der Waals surface area contributed by atoms with Gasteiger partial charge in [-0.25, -0.2) is 4.68 Å². The van der Waals surface area contributed by atoms with Crippen LogP contribution in [0.3, 0.4) is 0 Å². The van der Waals surface area contributed by atoms with Crippen molar-refractivity contribution in [1.82, 2.24) is 15.1 Å². The summed E-state index contributed by atoms with van der Waals surface area (Å²) in [5.74, 6) is 0.854. The maximum Gasteiger partial charge on any atom is 0.255 e. The van der Waals surface area contributed by atoms with Crippen LogP contribution >= 0.6 is 0 Å². The van der Waals surface area contributed by atoms with Gasteiger partial charge in [-0.05, 0) is 49.8 Å². The van der Waals surface area contributed by atoms with Gasteiger partial charge in [0.2, 0.25) is 0 Å². The Morgan fingerprint density at radius 3 is 2.46 bits per heavy atom. The highest BCUT2D eigenvalue weighted by Crippen LogP contribution is 2.21. The van der Waals surface area contributed by atoms with Crippen LogP contribution in [0, 0.1) is 25.7 Å². The van der Waals surface area contributed by atoms with Gasteiger partial charge in [-0.3, -0.25) is 4.79 Å². The molecule has 2 aromatic rings. The Bertz CT molecular complexity index is 714. The quantitative estimate of drug-likeness (QED) is 0.869. The van der Waals surface area contributed by atoms with Crippen LogP contribution in [0.15, 0.2) is 24.3 Å². The van der Waals surface area contributed by atoms with E-state index < -0.39 is 0 Å². The van der Waals surface area contributed by atoms with E-state index in [0.29, 0.717) is 18.4 Å². The molecular formula is C20H29N3O. The van der Waals surface area contributed by atoms with Crippen LogP contribution in [-0.4, -0.2) is 22.2 Å². The summed E-state index contributed by atoms with van der Waals surface area (Å²) >= 11 is 0. The summed E-state index contributed by atoms with van der Waals surface area (Å²) in [6.45, 7) is 13.2. The Kier molecular flexibility index (Phi) is 5.81. The number of nitrogens with zero attached hydrogens (tertiary/aromatic N) is 2. The highest BCUT2D eigenvalue weighted by Gasteiger charge is 2.22. The van der Waals surface area contributed by atoms with Gasteiger partial charge in [-0.15, -0.1) is 0 Å². The van der Waals surface area contributed by atoms with Gasteiger partial charge in [-0.2, -0.15) is 5.10 Å². The molecule has 4 heteroatoms. The van der Waals surface area contributed by atoms with E-state index in [0.717, 1.165) is 29.1 Å². The number of carbonyl (C=O) groups is 1. The van der Waals surface area contributed by atoms with Gasteiger partial charge in [0.1, 0.15) is 0 Å². The molecule has 1 heterocycles. The number of amides is 1. The van der Waals surface area contributed by atoms with Crippen molar-refractivity contribution in [1.29, 1.82) is 0 Å². The molecule has 0 atom stereocenters. The Labute approximate surface area is 145 Å². The van der Waals surface area contributed by atoms with Gasteiger partial charge < -0.3 is 5.32 Å². The first kappa shape index (κ1) is 18.2. The second-order valence-electron chi connectivity index (χ2n) is 7.36. The van der Waals surface area contributed by atoms with Gasteiger partial charge >= 0.3 is 0 Å². The minimum atomic E-state index is -0.0178. The number of aryl methyl sites for hydroxylation is 1. The van der Waals surface area contributed by atoms with E-state index in [1.807, 2.05) is 23.7 Å². The highest BCUT2D eigenvalue weighted by molar-refractivity contribution is 5.96. The van der Waals surface area contributed by atoms with Gasteiger partial charge in [0.15, 0.2) is 0 Å². The summed E-state index contributed by atoms with van der Waals surface area (Å²) < 4.78 is 1.90. The second kappa shape index (κ2) is 7.65. The molecule has 24 heavy (non-hydrogen) atoms. The molecule has 0 aliphatic heterocycles. The zero-order valence-corrected chi connectivity index (χ0v) is 15.7. The van der Waals surface area contributed by atoms with Crippen molar-refractivity contribution < 1.29 is 4.79 Å². The van der Waals surface area contributed by atoms with E-state index >= 15 is 0 Å². The Balaban J connectivity index is 2.46. The molecule has 0 fully saturated rings. The lowest BCUT2D eigenvalue weighted by molar-refractivity contribution is 0.0947. The van der Waals surface area contributed by atoms with Crippen LogP contribution in [0.2, 0.25) is 0 Å². The average Bonchev–Trinajstić information content (AvgIpc) is 2.80. The molecule has 130 valence electrons. The van der Waals surface area contributed by atoms with E-state index in [-0.39, 0.29) is 5.91 Å². The second-order valence-corrected chi connectivity index (χ2v) is 7.36. The SMILES string of the molecule is Cc1cccc(-n2nc(CC(C)C)c(C(=O)NCC(C)C)c2C)c1. The number of carbonyl (C=O) groups excluding carboxylic acids is 1. The van der Waals surface area contributed by atoms with Crippen LogP contribution in [0.4, 0.5) is 0 Å². The number of nitrogens with one attached hydrogen (secondary N) is 1. The first-order valence-corrected chi connectivity index (χ1v) is 8.73. The predicted molar refractivity (Wildman–Crippen MR) is 98.8 cm³/mol. The fourth-order valence-electron chi connectivity index (χ4n) is 2.78. The molecule has 0 aliphatic carbocycles. The van der Waals surface area contributed by atoms with Crippen LogP contribution in [0.5, 0.6) is 0 Å². The summed E-state index contributed by atoms with van der Waals surface area (Å²) in [4.78, 5) is 12.7. The minimum absolute atomic E-state index is 0.0178. The summed E-state index contributed by atoms with van der Waals surface area (Å²) in [6, 6.07) is 8.21. The molecule has 0 radical (unpaired) electrons. The lowest BCUT2D eigenvalue weighted by Crippen LogP contribution is -2.28. The summed E-state index contributed by atoms with van der Waals surface area (Å²) in [6.07, 6.45) is 0.796. The molecule has 0 aliphatic rings. The molecule has 1 aromatic heterocycles. The molecule has 4 nitrogen and oxygen atoms in total. The third-order valence-electron chi connectivity index (χ3n) is 3.93. The maximum atomic E-state index is 12.7. The lowest BCUT2D eigenvalue weighted by Gasteiger charge is -2.09. The van der Waals surface area contributed by atoms with E-state index in [1.54, 1.807) is 0 Å². The van der Waals surface area contributed by atoms with Gasteiger partial charge in [0.25, 0.3) is 5.91 Å². The molecule has 1 amide bonds. The lowest BCUT2D eigenvalue weighted by atomic mass is 10.0. The van der Waals surface area contributed by atoms with Crippen molar-refractivity contribution in [2.75, 3.05) is 6.54 Å². The average molecular weight is 327 g/mol. The summed E-state index contributed by atoms with van der Waals surface area (Å²) in [5, 5.41) is 7.80. The first-order valence-electron chi connectivity index (χ1n) is 8.73. The molecule has 2 rings (SSSR count). The molecule has 0 saturated heterocycles. The van der Waals surface area contributed by atoms with Crippen molar-refractivity contribution in [2.45, 2.75) is 48.0 Å². The Morgan fingerprint density at radius 2 is 1.88 bits per heavy atom. The van der Waals surface area contributed by atoms with Crippen LogP contribution in [0.25, 0.3) is 5.69 Å². The van der Waals surface area contributed by atoms with Crippen LogP contribution in [0.1, 0.15) is 55.0 Å². The van der Waals surface area contributed by atoms with Crippen LogP contribution < -0.4 is 5.32 Å². The van der Waals surface area contributed by atoms with E-state index in [2.05, 4.69) is 52.1 Å². The minimum Gasteiger partial charge on any atom is -0.352 e. The largest absolute Gasteiger partial charge is 0.352 e. The van der Waals surface area contributed by atoms with Crippen molar-refractivity contribution in [2.24, 2.45) is 11.8 Å². The molecule has 1 N–H and O–H groups in total. The number of rotatable bonds is 6. The molecule has 1 aromatic carbocycles. The summed E-state index contributed by atoms with van der Waals surface area (Å²) in [7, 11) is 0. The van der Waals surface area contributed by atoms with Crippen molar-refractivity contribution in [3.8, 4) is 5.69 Å². The molecule has 0 saturated carbocycles. The predicted octanol–water partition coefficient (Wildman–Crippen LogP) is 4.07. The summed E-state index contributed by atoms with van der Waals surface area (Å²) in [5.41, 5.74) is 4.69. The van der Waals surface area contributed by atoms with Crippen molar-refractivity contribution in [3.63, 3.8) is 0 Å². The maximum absolute atomic E-state index is 12.7. The Hall–Kier alpha value is -2.10. The fraction of sp³-hybridized carbons (Fsp3) is 0.500. The molecule has 0 unspecified atom stereocenters. The van der Waals surface area contributed by atoms with E-state index in [9.17, 15) is 4.79 Å². The number of benzene rings is 1. The first-order chi connectivity index (χ1) is 11.3. The van der Waals surface area contributed by atoms with Crippen molar-refractivity contribution >= 4 is 5.91 Å². The Morgan fingerprint density at radius 1 is 1.17 bits per heavy atom.